The van der Waals surface area contributed by atoms with Crippen LogP contribution in [0.2, 0.25) is 0 Å². The van der Waals surface area contributed by atoms with Crippen molar-refractivity contribution in [1.82, 2.24) is 9.80 Å². The number of hydrogen-bond donors (Lipinski definition) is 1. The Hall–Kier alpha value is -0.910. The quantitative estimate of drug-likeness (QED) is 0.925. The van der Waals surface area contributed by atoms with Gasteiger partial charge in [-0.2, -0.15) is 0 Å². The van der Waals surface area contributed by atoms with Crippen molar-refractivity contribution in [3.05, 3.63) is 33.8 Å². The standard InChI is InChI=1S/C14H19BrN2O2/c1-10-8-16(2)5-6-17(10)9-12-4-3-11(14(18)19)7-13(12)15/h3-4,7,10H,5-6,8-9H2,1-2H3,(H,18,19). The Morgan fingerprint density at radius 3 is 2.79 bits per heavy atom. The normalized spacial score (nSPS) is 21.5. The molecule has 1 unspecified atom stereocenters. The fourth-order valence-corrected chi connectivity index (χ4v) is 2.94. The Morgan fingerprint density at radius 1 is 1.47 bits per heavy atom. The summed E-state index contributed by atoms with van der Waals surface area (Å²) in [6.45, 7) is 6.29. The van der Waals surface area contributed by atoms with Gasteiger partial charge in [-0.1, -0.05) is 22.0 Å². The van der Waals surface area contributed by atoms with Crippen LogP contribution in [0.15, 0.2) is 22.7 Å². The molecule has 1 aliphatic heterocycles. The van der Waals surface area contributed by atoms with Crippen molar-refractivity contribution >= 4 is 21.9 Å². The minimum absolute atomic E-state index is 0.321. The fourth-order valence-electron chi connectivity index (χ4n) is 2.44. The average Bonchev–Trinajstić information content (AvgIpc) is 2.34. The van der Waals surface area contributed by atoms with Crippen LogP contribution in [0.3, 0.4) is 0 Å². The van der Waals surface area contributed by atoms with Gasteiger partial charge in [0.2, 0.25) is 0 Å². The van der Waals surface area contributed by atoms with Crippen molar-refractivity contribution in [2.75, 3.05) is 26.7 Å². The molecule has 0 amide bonds. The van der Waals surface area contributed by atoms with E-state index >= 15 is 0 Å². The van der Waals surface area contributed by atoms with Gasteiger partial charge < -0.3 is 10.0 Å². The third kappa shape index (κ3) is 3.55. The molecule has 5 heteroatoms. The lowest BCUT2D eigenvalue weighted by Crippen LogP contribution is -2.49. The molecule has 19 heavy (non-hydrogen) atoms. The molecule has 0 spiro atoms. The first kappa shape index (κ1) is 14.5. The number of carboxylic acids is 1. The Balaban J connectivity index is 2.09. The first-order valence-electron chi connectivity index (χ1n) is 6.41. The summed E-state index contributed by atoms with van der Waals surface area (Å²) in [5.74, 6) is -0.889. The van der Waals surface area contributed by atoms with E-state index in [1.165, 1.54) is 0 Å². The highest BCUT2D eigenvalue weighted by molar-refractivity contribution is 9.10. The number of carbonyl (C=O) groups is 1. The van der Waals surface area contributed by atoms with Crippen LogP contribution in [0.1, 0.15) is 22.8 Å². The maximum Gasteiger partial charge on any atom is 0.335 e. The summed E-state index contributed by atoms with van der Waals surface area (Å²) in [5, 5.41) is 8.96. The molecular weight excluding hydrogens is 308 g/mol. The molecule has 0 aromatic heterocycles. The molecule has 4 nitrogen and oxygen atoms in total. The highest BCUT2D eigenvalue weighted by Gasteiger charge is 2.22. The summed E-state index contributed by atoms with van der Waals surface area (Å²) in [7, 11) is 2.14. The molecule has 1 aromatic carbocycles. The van der Waals surface area contributed by atoms with Crippen LogP contribution < -0.4 is 0 Å². The van der Waals surface area contributed by atoms with Crippen molar-refractivity contribution in [1.29, 1.82) is 0 Å². The predicted molar refractivity (Wildman–Crippen MR) is 78.5 cm³/mol. The van der Waals surface area contributed by atoms with Crippen molar-refractivity contribution in [3.63, 3.8) is 0 Å². The molecule has 1 heterocycles. The van der Waals surface area contributed by atoms with Crippen LogP contribution in [-0.2, 0) is 6.54 Å². The number of hydrogen-bond acceptors (Lipinski definition) is 3. The summed E-state index contributed by atoms with van der Waals surface area (Å²) in [6.07, 6.45) is 0. The number of likely N-dealkylation sites (N-methyl/N-ethyl adjacent to an activating group) is 1. The molecule has 0 radical (unpaired) electrons. The second-order valence-corrected chi connectivity index (χ2v) is 6.05. The second kappa shape index (κ2) is 6.03. The number of piperazine rings is 1. The zero-order valence-electron chi connectivity index (χ0n) is 11.3. The van der Waals surface area contributed by atoms with Gasteiger partial charge in [-0.3, -0.25) is 4.90 Å². The SMILES string of the molecule is CC1CN(C)CCN1Cc1ccc(C(=O)O)cc1Br. The molecular formula is C14H19BrN2O2. The topological polar surface area (TPSA) is 43.8 Å². The molecule has 0 bridgehead atoms. The number of halogens is 1. The zero-order chi connectivity index (χ0) is 14.0. The van der Waals surface area contributed by atoms with Crippen LogP contribution in [-0.4, -0.2) is 53.6 Å². The molecule has 1 aromatic rings. The van der Waals surface area contributed by atoms with Gasteiger partial charge in [0.25, 0.3) is 0 Å². The monoisotopic (exact) mass is 326 g/mol. The molecule has 104 valence electrons. The maximum atomic E-state index is 10.9. The number of aromatic carboxylic acids is 1. The first-order valence-corrected chi connectivity index (χ1v) is 7.21. The van der Waals surface area contributed by atoms with Gasteiger partial charge in [0.05, 0.1) is 5.56 Å². The average molecular weight is 327 g/mol. The minimum atomic E-state index is -0.889. The molecule has 2 rings (SSSR count). The van der Waals surface area contributed by atoms with Gasteiger partial charge in [0.15, 0.2) is 0 Å². The Bertz CT molecular complexity index is 479. The van der Waals surface area contributed by atoms with E-state index in [1.807, 2.05) is 6.07 Å². The van der Waals surface area contributed by atoms with Crippen molar-refractivity contribution < 1.29 is 9.90 Å². The van der Waals surface area contributed by atoms with Gasteiger partial charge in [-0.05, 0) is 31.7 Å². The van der Waals surface area contributed by atoms with E-state index in [2.05, 4.69) is 39.7 Å². The van der Waals surface area contributed by atoms with Gasteiger partial charge >= 0.3 is 5.97 Å². The third-order valence-corrected chi connectivity index (χ3v) is 4.38. The van der Waals surface area contributed by atoms with E-state index in [-0.39, 0.29) is 0 Å². The second-order valence-electron chi connectivity index (χ2n) is 5.19. The van der Waals surface area contributed by atoms with Gasteiger partial charge in [-0.25, -0.2) is 4.79 Å². The molecule has 1 atom stereocenters. The number of nitrogens with zero attached hydrogens (tertiary/aromatic N) is 2. The third-order valence-electron chi connectivity index (χ3n) is 3.64. The van der Waals surface area contributed by atoms with E-state index in [0.29, 0.717) is 11.6 Å². The summed E-state index contributed by atoms with van der Waals surface area (Å²) < 4.78 is 0.874. The van der Waals surface area contributed by atoms with Gasteiger partial charge in [-0.15, -0.1) is 0 Å². The summed E-state index contributed by atoms with van der Waals surface area (Å²) in [6, 6.07) is 5.77. The highest BCUT2D eigenvalue weighted by Crippen LogP contribution is 2.22. The lowest BCUT2D eigenvalue weighted by atomic mass is 10.1. The Labute approximate surface area is 122 Å². The molecule has 1 saturated heterocycles. The minimum Gasteiger partial charge on any atom is -0.478 e. The fraction of sp³-hybridized carbons (Fsp3) is 0.500. The van der Waals surface area contributed by atoms with Gasteiger partial charge in [0, 0.05) is 36.7 Å². The molecule has 0 aliphatic carbocycles. The number of carboxylic acid groups (broad SMARTS) is 1. The smallest absolute Gasteiger partial charge is 0.335 e. The van der Waals surface area contributed by atoms with E-state index < -0.39 is 5.97 Å². The zero-order valence-corrected chi connectivity index (χ0v) is 12.9. The lowest BCUT2D eigenvalue weighted by molar-refractivity contribution is 0.0696. The molecule has 1 fully saturated rings. The Morgan fingerprint density at radius 2 is 2.21 bits per heavy atom. The molecule has 0 saturated carbocycles. The van der Waals surface area contributed by atoms with Crippen LogP contribution in [0.25, 0.3) is 0 Å². The van der Waals surface area contributed by atoms with Crippen LogP contribution in [0.5, 0.6) is 0 Å². The maximum absolute atomic E-state index is 10.9. The first-order chi connectivity index (χ1) is 8.97. The van der Waals surface area contributed by atoms with Crippen LogP contribution in [0, 0.1) is 0 Å². The van der Waals surface area contributed by atoms with E-state index in [0.717, 1.165) is 36.2 Å². The number of benzene rings is 1. The van der Waals surface area contributed by atoms with Crippen molar-refractivity contribution in [3.8, 4) is 0 Å². The van der Waals surface area contributed by atoms with E-state index in [4.69, 9.17) is 5.11 Å². The Kier molecular flexibility index (Phi) is 4.60. The van der Waals surface area contributed by atoms with E-state index in [1.54, 1.807) is 12.1 Å². The summed E-state index contributed by atoms with van der Waals surface area (Å²) >= 11 is 3.47. The largest absolute Gasteiger partial charge is 0.478 e. The summed E-state index contributed by atoms with van der Waals surface area (Å²) in [5.41, 5.74) is 1.46. The van der Waals surface area contributed by atoms with Crippen LogP contribution >= 0.6 is 15.9 Å². The lowest BCUT2D eigenvalue weighted by Gasteiger charge is -2.38. The van der Waals surface area contributed by atoms with Crippen molar-refractivity contribution in [2.45, 2.75) is 19.5 Å². The van der Waals surface area contributed by atoms with Crippen molar-refractivity contribution in [2.24, 2.45) is 0 Å². The highest BCUT2D eigenvalue weighted by atomic mass is 79.9. The van der Waals surface area contributed by atoms with Gasteiger partial charge in [0.1, 0.15) is 0 Å². The van der Waals surface area contributed by atoms with Crippen LogP contribution in [0.4, 0.5) is 0 Å². The molecule has 1 aliphatic rings. The van der Waals surface area contributed by atoms with E-state index in [9.17, 15) is 4.79 Å². The summed E-state index contributed by atoms with van der Waals surface area (Å²) in [4.78, 5) is 15.7. The molecule has 1 N–H and O–H groups in total. The number of rotatable bonds is 3. The predicted octanol–water partition coefficient (Wildman–Crippen LogP) is 2.28.